The molecule has 0 saturated carbocycles. The molecule has 3 aromatic rings. The van der Waals surface area contributed by atoms with E-state index >= 15 is 0 Å². The molecule has 0 aliphatic heterocycles. The molecule has 0 saturated heterocycles. The van der Waals surface area contributed by atoms with Gasteiger partial charge in [-0.1, -0.05) is 51.9 Å². The maximum Gasteiger partial charge on any atom is 0.169 e. The van der Waals surface area contributed by atoms with Crippen LogP contribution >= 0.6 is 0 Å². The Morgan fingerprint density at radius 3 is 2.42 bits per heavy atom. The van der Waals surface area contributed by atoms with Crippen molar-refractivity contribution in [3.05, 3.63) is 31.4 Å². The Hall–Kier alpha value is -2.24. The second kappa shape index (κ2) is 8.57. The van der Waals surface area contributed by atoms with Gasteiger partial charge >= 0.3 is 0 Å². The molecular formula is C18H26N6. The van der Waals surface area contributed by atoms with Crippen LogP contribution in [0.15, 0.2) is 31.4 Å². The van der Waals surface area contributed by atoms with E-state index in [4.69, 9.17) is 0 Å². The third-order valence-corrected chi connectivity index (χ3v) is 4.38. The number of nitrogens with zero attached hydrogens (tertiary/aromatic N) is 6. The van der Waals surface area contributed by atoms with Gasteiger partial charge in [0.2, 0.25) is 0 Å². The average Bonchev–Trinajstić information content (AvgIpc) is 3.27. The highest BCUT2D eigenvalue weighted by molar-refractivity contribution is 5.78. The SMILES string of the molecule is CCCCCCCCCCn1cnc2c(-n3ccnc3)ncnc21. The molecule has 0 unspecified atom stereocenters. The number of unbranched alkanes of at least 4 members (excludes halogenated alkanes) is 7. The topological polar surface area (TPSA) is 61.4 Å². The maximum absolute atomic E-state index is 4.51. The molecule has 3 aromatic heterocycles. The van der Waals surface area contributed by atoms with Gasteiger partial charge in [0, 0.05) is 18.9 Å². The Morgan fingerprint density at radius 1 is 0.875 bits per heavy atom. The van der Waals surface area contributed by atoms with E-state index in [2.05, 4.69) is 31.4 Å². The summed E-state index contributed by atoms with van der Waals surface area (Å²) in [5.41, 5.74) is 1.73. The minimum Gasteiger partial charge on any atom is -0.315 e. The van der Waals surface area contributed by atoms with Crippen LogP contribution in [0.1, 0.15) is 58.3 Å². The van der Waals surface area contributed by atoms with Crippen LogP contribution in [0.2, 0.25) is 0 Å². The fourth-order valence-electron chi connectivity index (χ4n) is 3.02. The molecule has 0 N–H and O–H groups in total. The molecule has 0 radical (unpaired) electrons. The number of aryl methyl sites for hydroxylation is 1. The van der Waals surface area contributed by atoms with Crippen molar-refractivity contribution in [2.45, 2.75) is 64.8 Å². The predicted octanol–water partition coefficient (Wildman–Crippen LogP) is 4.15. The van der Waals surface area contributed by atoms with E-state index < -0.39 is 0 Å². The molecule has 0 atom stereocenters. The van der Waals surface area contributed by atoms with Gasteiger partial charge in [-0.15, -0.1) is 0 Å². The molecule has 0 spiro atoms. The van der Waals surface area contributed by atoms with E-state index in [0.29, 0.717) is 0 Å². The minimum atomic E-state index is 0.784. The van der Waals surface area contributed by atoms with Crippen LogP contribution < -0.4 is 0 Å². The largest absolute Gasteiger partial charge is 0.315 e. The van der Waals surface area contributed by atoms with E-state index in [0.717, 1.165) is 23.5 Å². The average molecular weight is 326 g/mol. The summed E-state index contributed by atoms with van der Waals surface area (Å²) in [7, 11) is 0. The Labute approximate surface area is 143 Å². The Bertz CT molecular complexity index is 731. The summed E-state index contributed by atoms with van der Waals surface area (Å²) in [6, 6.07) is 0. The monoisotopic (exact) mass is 326 g/mol. The van der Waals surface area contributed by atoms with E-state index in [-0.39, 0.29) is 0 Å². The lowest BCUT2D eigenvalue weighted by molar-refractivity contribution is 0.547. The summed E-state index contributed by atoms with van der Waals surface area (Å²) in [5.74, 6) is 0.784. The molecule has 24 heavy (non-hydrogen) atoms. The summed E-state index contributed by atoms with van der Waals surface area (Å²) in [4.78, 5) is 17.3. The lowest BCUT2D eigenvalue weighted by atomic mass is 10.1. The Morgan fingerprint density at radius 2 is 1.67 bits per heavy atom. The van der Waals surface area contributed by atoms with Gasteiger partial charge in [-0.05, 0) is 6.42 Å². The summed E-state index contributed by atoms with van der Waals surface area (Å²) < 4.78 is 4.01. The zero-order valence-corrected chi connectivity index (χ0v) is 14.4. The molecule has 3 heterocycles. The van der Waals surface area contributed by atoms with Crippen molar-refractivity contribution in [1.29, 1.82) is 0 Å². The van der Waals surface area contributed by atoms with E-state index in [9.17, 15) is 0 Å². The van der Waals surface area contributed by atoms with Crippen LogP contribution in [0.4, 0.5) is 0 Å². The van der Waals surface area contributed by atoms with E-state index in [1.54, 1.807) is 18.9 Å². The number of aromatic nitrogens is 6. The zero-order valence-electron chi connectivity index (χ0n) is 14.4. The van der Waals surface area contributed by atoms with Gasteiger partial charge < -0.3 is 4.57 Å². The first-order valence-electron chi connectivity index (χ1n) is 9.04. The molecule has 0 fully saturated rings. The normalized spacial score (nSPS) is 11.4. The lowest BCUT2D eigenvalue weighted by Gasteiger charge is -2.05. The van der Waals surface area contributed by atoms with E-state index in [1.807, 2.05) is 17.1 Å². The Kier molecular flexibility index (Phi) is 5.93. The summed E-state index contributed by atoms with van der Waals surface area (Å²) >= 11 is 0. The first kappa shape index (κ1) is 16.6. The van der Waals surface area contributed by atoms with E-state index in [1.165, 1.54) is 51.4 Å². The summed E-state index contributed by atoms with van der Waals surface area (Å²) in [6.45, 7) is 3.23. The predicted molar refractivity (Wildman–Crippen MR) is 95.1 cm³/mol. The summed E-state index contributed by atoms with van der Waals surface area (Å²) in [6.07, 6.45) is 19.4. The molecular weight excluding hydrogens is 300 g/mol. The van der Waals surface area contributed by atoms with Crippen molar-refractivity contribution in [3.8, 4) is 5.82 Å². The lowest BCUT2D eigenvalue weighted by Crippen LogP contribution is -2.00. The first-order valence-corrected chi connectivity index (χ1v) is 9.04. The van der Waals surface area contributed by atoms with Gasteiger partial charge in [0.05, 0.1) is 6.33 Å². The number of fused-ring (bicyclic) bond motifs is 1. The van der Waals surface area contributed by atoms with Gasteiger partial charge in [-0.3, -0.25) is 4.57 Å². The molecule has 128 valence electrons. The van der Waals surface area contributed by atoms with Gasteiger partial charge in [-0.25, -0.2) is 19.9 Å². The maximum atomic E-state index is 4.51. The number of rotatable bonds is 10. The second-order valence-electron chi connectivity index (χ2n) is 6.25. The van der Waals surface area contributed by atoms with Crippen LogP contribution in [-0.4, -0.2) is 29.1 Å². The van der Waals surface area contributed by atoms with Gasteiger partial charge in [0.15, 0.2) is 17.0 Å². The van der Waals surface area contributed by atoms with Crippen LogP contribution in [0.5, 0.6) is 0 Å². The minimum absolute atomic E-state index is 0.784. The van der Waals surface area contributed by atoms with Crippen molar-refractivity contribution < 1.29 is 0 Å². The van der Waals surface area contributed by atoms with Crippen molar-refractivity contribution in [2.24, 2.45) is 0 Å². The van der Waals surface area contributed by atoms with Crippen LogP contribution in [0.25, 0.3) is 17.0 Å². The van der Waals surface area contributed by atoms with Crippen molar-refractivity contribution in [1.82, 2.24) is 29.1 Å². The molecule has 0 aliphatic carbocycles. The third kappa shape index (κ3) is 3.99. The van der Waals surface area contributed by atoms with Crippen LogP contribution in [0.3, 0.4) is 0 Å². The quantitative estimate of drug-likeness (QED) is 0.525. The first-order chi connectivity index (χ1) is 11.9. The molecule has 3 rings (SSSR count). The second-order valence-corrected chi connectivity index (χ2v) is 6.25. The summed E-state index contributed by atoms with van der Waals surface area (Å²) in [5, 5.41) is 0. The van der Waals surface area contributed by atoms with Gasteiger partial charge in [-0.2, -0.15) is 0 Å². The fourth-order valence-corrected chi connectivity index (χ4v) is 3.02. The Balaban J connectivity index is 1.54. The van der Waals surface area contributed by atoms with Gasteiger partial charge in [0.25, 0.3) is 0 Å². The van der Waals surface area contributed by atoms with Crippen molar-refractivity contribution in [3.63, 3.8) is 0 Å². The molecule has 0 bridgehead atoms. The van der Waals surface area contributed by atoms with Crippen molar-refractivity contribution in [2.75, 3.05) is 0 Å². The number of hydrogen-bond acceptors (Lipinski definition) is 4. The smallest absolute Gasteiger partial charge is 0.169 e. The number of imidazole rings is 2. The zero-order chi connectivity index (χ0) is 16.6. The molecule has 0 amide bonds. The van der Waals surface area contributed by atoms with Crippen LogP contribution in [-0.2, 0) is 6.54 Å². The molecule has 0 aliphatic rings. The van der Waals surface area contributed by atoms with Crippen molar-refractivity contribution >= 4 is 11.2 Å². The number of hydrogen-bond donors (Lipinski definition) is 0. The highest BCUT2D eigenvalue weighted by Crippen LogP contribution is 2.17. The third-order valence-electron chi connectivity index (χ3n) is 4.38. The molecule has 6 heteroatoms. The molecule has 6 nitrogen and oxygen atoms in total. The molecule has 0 aromatic carbocycles. The fraction of sp³-hybridized carbons (Fsp3) is 0.556. The standard InChI is InChI=1S/C18H26N6/c1-2-3-4-5-6-7-8-9-11-23-15-22-16-17(23)20-13-21-18(16)24-12-10-19-14-24/h10,12-15H,2-9,11H2,1H3. The highest BCUT2D eigenvalue weighted by Gasteiger charge is 2.10. The van der Waals surface area contributed by atoms with Crippen LogP contribution in [0, 0.1) is 0 Å². The van der Waals surface area contributed by atoms with Gasteiger partial charge in [0.1, 0.15) is 12.7 Å². The highest BCUT2D eigenvalue weighted by atomic mass is 15.2.